The van der Waals surface area contributed by atoms with Gasteiger partial charge in [-0.3, -0.25) is 0 Å². The van der Waals surface area contributed by atoms with Crippen LogP contribution < -0.4 is 0 Å². The van der Waals surface area contributed by atoms with Crippen LogP contribution in [0.3, 0.4) is 0 Å². The molecule has 0 amide bonds. The summed E-state index contributed by atoms with van der Waals surface area (Å²) in [6.45, 7) is 1.42. The van der Waals surface area contributed by atoms with Crippen molar-refractivity contribution >= 4 is 12.3 Å². The number of rotatable bonds is 2. The van der Waals surface area contributed by atoms with Gasteiger partial charge in [0.05, 0.1) is 14.2 Å². The van der Waals surface area contributed by atoms with Crippen molar-refractivity contribution in [3.8, 4) is 0 Å². The quantitative estimate of drug-likeness (QED) is 0.484. The molecule has 0 aromatic heterocycles. The molecule has 0 saturated heterocycles. The maximum absolute atomic E-state index is 10.5. The first-order chi connectivity index (χ1) is 6.10. The first kappa shape index (κ1) is 11.3. The van der Waals surface area contributed by atoms with Crippen molar-refractivity contribution in [1.29, 1.82) is 0 Å². The van der Waals surface area contributed by atoms with E-state index in [1.165, 1.54) is 6.92 Å². The predicted molar refractivity (Wildman–Crippen MR) is 40.7 cm³/mol. The van der Waals surface area contributed by atoms with Gasteiger partial charge in [-0.15, -0.1) is 0 Å². The van der Waals surface area contributed by atoms with Crippen LogP contribution in [0.5, 0.6) is 0 Å². The Morgan fingerprint density at radius 2 is 1.62 bits per heavy atom. The average Bonchev–Trinajstić information content (AvgIpc) is 2.13. The zero-order chi connectivity index (χ0) is 10.3. The fourth-order valence-electron chi connectivity index (χ4n) is 0.376. The molecule has 0 aromatic rings. The van der Waals surface area contributed by atoms with E-state index < -0.39 is 12.3 Å². The molecule has 6 heteroatoms. The maximum atomic E-state index is 10.5. The molecule has 0 radical (unpaired) electrons. The molecular weight excluding hydrogens is 180 g/mol. The van der Waals surface area contributed by atoms with Crippen molar-refractivity contribution in [2.75, 3.05) is 14.2 Å². The fraction of sp³-hybridized carbons (Fsp3) is 0.429. The van der Waals surface area contributed by atoms with E-state index in [4.69, 9.17) is 0 Å². The summed E-state index contributed by atoms with van der Waals surface area (Å²) in [7, 11) is 2.32. The standard InChI is InChI=1S/C7H10O6/c1-5(13-7(9)11-3)4-12-6(8)10-2/h4H,1-3H3. The van der Waals surface area contributed by atoms with E-state index in [1.807, 2.05) is 0 Å². The zero-order valence-corrected chi connectivity index (χ0v) is 7.53. The molecular formula is C7H10O6. The number of allylic oxidation sites excluding steroid dienone is 1. The third-order valence-electron chi connectivity index (χ3n) is 0.899. The van der Waals surface area contributed by atoms with Crippen molar-refractivity contribution in [1.82, 2.24) is 0 Å². The topological polar surface area (TPSA) is 71.1 Å². The van der Waals surface area contributed by atoms with Crippen LogP contribution in [0.25, 0.3) is 0 Å². The zero-order valence-electron chi connectivity index (χ0n) is 7.53. The Bertz CT molecular complexity index is 219. The highest BCUT2D eigenvalue weighted by atomic mass is 16.7. The van der Waals surface area contributed by atoms with Crippen LogP contribution >= 0.6 is 0 Å². The van der Waals surface area contributed by atoms with Crippen molar-refractivity contribution < 1.29 is 28.5 Å². The van der Waals surface area contributed by atoms with E-state index >= 15 is 0 Å². The van der Waals surface area contributed by atoms with Gasteiger partial charge in [-0.1, -0.05) is 0 Å². The summed E-state index contributed by atoms with van der Waals surface area (Å²) in [5.41, 5.74) is 0. The van der Waals surface area contributed by atoms with Crippen molar-refractivity contribution in [3.05, 3.63) is 12.0 Å². The first-order valence-corrected chi connectivity index (χ1v) is 3.27. The number of carbonyl (C=O) groups is 2. The highest BCUT2D eigenvalue weighted by Crippen LogP contribution is 1.98. The van der Waals surface area contributed by atoms with Crippen molar-refractivity contribution in [2.45, 2.75) is 6.92 Å². The third kappa shape index (κ3) is 5.54. The molecule has 0 rings (SSSR count). The highest BCUT2D eigenvalue weighted by molar-refractivity contribution is 5.62. The van der Waals surface area contributed by atoms with Crippen molar-refractivity contribution in [2.24, 2.45) is 0 Å². The Balaban J connectivity index is 3.88. The number of hydrogen-bond donors (Lipinski definition) is 0. The van der Waals surface area contributed by atoms with E-state index in [-0.39, 0.29) is 5.76 Å². The van der Waals surface area contributed by atoms with Crippen LogP contribution in [0, 0.1) is 0 Å². The number of methoxy groups -OCH3 is 2. The largest absolute Gasteiger partial charge is 0.513 e. The van der Waals surface area contributed by atoms with Gasteiger partial charge in [0.15, 0.2) is 0 Å². The van der Waals surface area contributed by atoms with E-state index in [2.05, 4.69) is 18.9 Å². The van der Waals surface area contributed by atoms with Gasteiger partial charge < -0.3 is 18.9 Å². The van der Waals surface area contributed by atoms with Crippen LogP contribution in [-0.4, -0.2) is 26.5 Å². The van der Waals surface area contributed by atoms with Gasteiger partial charge in [-0.2, -0.15) is 0 Å². The minimum atomic E-state index is -0.896. The van der Waals surface area contributed by atoms with Gasteiger partial charge in [0, 0.05) is 0 Å². The predicted octanol–water partition coefficient (Wildman–Crippen LogP) is 1.41. The van der Waals surface area contributed by atoms with Gasteiger partial charge >= 0.3 is 12.3 Å². The van der Waals surface area contributed by atoms with E-state index in [9.17, 15) is 9.59 Å². The summed E-state index contributed by atoms with van der Waals surface area (Å²) in [6.07, 6.45) is -0.849. The summed E-state index contributed by atoms with van der Waals surface area (Å²) in [6, 6.07) is 0. The molecule has 0 atom stereocenters. The molecule has 0 aliphatic rings. The molecule has 0 unspecified atom stereocenters. The fourth-order valence-corrected chi connectivity index (χ4v) is 0.376. The van der Waals surface area contributed by atoms with Crippen LogP contribution in [0.2, 0.25) is 0 Å². The van der Waals surface area contributed by atoms with Gasteiger partial charge in [-0.05, 0) is 6.92 Å². The molecule has 0 aromatic carbocycles. The van der Waals surface area contributed by atoms with Crippen LogP contribution in [0.1, 0.15) is 6.92 Å². The number of ether oxygens (including phenoxy) is 4. The monoisotopic (exact) mass is 190 g/mol. The van der Waals surface area contributed by atoms with Crippen LogP contribution in [0.4, 0.5) is 9.59 Å². The second-order valence-corrected chi connectivity index (χ2v) is 1.86. The molecule has 0 saturated carbocycles. The second kappa shape index (κ2) is 5.87. The molecule has 6 nitrogen and oxygen atoms in total. The summed E-state index contributed by atoms with van der Waals surface area (Å²) >= 11 is 0. The minimum absolute atomic E-state index is 0.0808. The molecule has 13 heavy (non-hydrogen) atoms. The molecule has 0 aliphatic carbocycles. The highest BCUT2D eigenvalue weighted by Gasteiger charge is 2.03. The molecule has 0 bridgehead atoms. The van der Waals surface area contributed by atoms with Gasteiger partial charge in [0.2, 0.25) is 0 Å². The minimum Gasteiger partial charge on any atom is -0.437 e. The molecule has 0 aliphatic heterocycles. The summed E-state index contributed by atoms with van der Waals surface area (Å²) in [5.74, 6) is 0.0808. The molecule has 0 spiro atoms. The number of carbonyl (C=O) groups excluding carboxylic acids is 2. The Kier molecular flexibility index (Phi) is 5.09. The summed E-state index contributed by atoms with van der Waals surface area (Å²) in [5, 5.41) is 0. The van der Waals surface area contributed by atoms with E-state index in [0.717, 1.165) is 20.5 Å². The number of hydrogen-bond acceptors (Lipinski definition) is 6. The molecule has 0 heterocycles. The lowest BCUT2D eigenvalue weighted by Crippen LogP contribution is -2.04. The Labute approximate surface area is 75.0 Å². The summed E-state index contributed by atoms with van der Waals surface area (Å²) < 4.78 is 17.1. The summed E-state index contributed by atoms with van der Waals surface area (Å²) in [4.78, 5) is 20.9. The lowest BCUT2D eigenvalue weighted by molar-refractivity contribution is 0.0857. The smallest absolute Gasteiger partial charge is 0.437 e. The lowest BCUT2D eigenvalue weighted by atomic mass is 10.6. The Morgan fingerprint density at radius 1 is 1.08 bits per heavy atom. The van der Waals surface area contributed by atoms with E-state index in [1.54, 1.807) is 0 Å². The van der Waals surface area contributed by atoms with Gasteiger partial charge in [-0.25, -0.2) is 9.59 Å². The third-order valence-corrected chi connectivity index (χ3v) is 0.899. The first-order valence-electron chi connectivity index (χ1n) is 3.27. The van der Waals surface area contributed by atoms with Crippen molar-refractivity contribution in [3.63, 3.8) is 0 Å². The second-order valence-electron chi connectivity index (χ2n) is 1.86. The Morgan fingerprint density at radius 3 is 2.08 bits per heavy atom. The average molecular weight is 190 g/mol. The normalized spacial score (nSPS) is 10.2. The van der Waals surface area contributed by atoms with Crippen LogP contribution in [0.15, 0.2) is 12.0 Å². The maximum Gasteiger partial charge on any atom is 0.513 e. The van der Waals surface area contributed by atoms with Crippen LogP contribution in [-0.2, 0) is 18.9 Å². The Hall–Kier alpha value is -1.72. The molecule has 0 N–H and O–H groups in total. The SMILES string of the molecule is COC(=O)OC=C(C)OC(=O)OC. The van der Waals surface area contributed by atoms with E-state index in [0.29, 0.717) is 0 Å². The molecule has 0 fully saturated rings. The van der Waals surface area contributed by atoms with Gasteiger partial charge in [0.25, 0.3) is 0 Å². The lowest BCUT2D eigenvalue weighted by Gasteiger charge is -2.01. The molecule has 74 valence electrons. The van der Waals surface area contributed by atoms with Gasteiger partial charge in [0.1, 0.15) is 12.0 Å².